The number of likely N-dealkylation sites (tertiary alicyclic amines) is 1. The lowest BCUT2D eigenvalue weighted by Crippen LogP contribution is -2.53. The number of amides is 1. The Hall–Kier alpha value is -2.20. The predicted octanol–water partition coefficient (Wildman–Crippen LogP) is 2.76. The zero-order valence-electron chi connectivity index (χ0n) is 14.5. The molecule has 1 N–H and O–H groups in total. The first-order valence-corrected chi connectivity index (χ1v) is 9.22. The van der Waals surface area contributed by atoms with Gasteiger partial charge in [-0.3, -0.25) is 9.78 Å². The van der Waals surface area contributed by atoms with Gasteiger partial charge in [-0.25, -0.2) is 0 Å². The van der Waals surface area contributed by atoms with Crippen molar-refractivity contribution in [1.82, 2.24) is 15.2 Å². The van der Waals surface area contributed by atoms with E-state index in [1.807, 2.05) is 12.4 Å². The summed E-state index contributed by atoms with van der Waals surface area (Å²) in [6.45, 7) is 3.19. The number of nitrogens with one attached hydrogen (secondary N) is 1. The molecule has 0 bridgehead atoms. The summed E-state index contributed by atoms with van der Waals surface area (Å²) < 4.78 is 0. The zero-order chi connectivity index (χ0) is 17.1. The quantitative estimate of drug-likeness (QED) is 0.934. The highest BCUT2D eigenvalue weighted by molar-refractivity contribution is 5.81. The second-order valence-corrected chi connectivity index (χ2v) is 7.32. The van der Waals surface area contributed by atoms with Gasteiger partial charge >= 0.3 is 0 Å². The van der Waals surface area contributed by atoms with Crippen molar-refractivity contribution in [1.29, 1.82) is 0 Å². The van der Waals surface area contributed by atoms with Crippen molar-refractivity contribution in [2.24, 2.45) is 0 Å². The van der Waals surface area contributed by atoms with Crippen molar-refractivity contribution >= 4 is 5.91 Å². The molecule has 1 amide bonds. The predicted molar refractivity (Wildman–Crippen MR) is 98.3 cm³/mol. The molecule has 1 aromatic heterocycles. The topological polar surface area (TPSA) is 45.2 Å². The maximum absolute atomic E-state index is 12.2. The van der Waals surface area contributed by atoms with Crippen LogP contribution in [0.15, 0.2) is 54.9 Å². The Kier molecular flexibility index (Phi) is 4.53. The number of piperidine rings is 1. The molecule has 2 aliphatic heterocycles. The summed E-state index contributed by atoms with van der Waals surface area (Å²) in [4.78, 5) is 18.8. The highest BCUT2D eigenvalue weighted by Crippen LogP contribution is 2.42. The van der Waals surface area contributed by atoms with Crippen LogP contribution in [-0.2, 0) is 11.2 Å². The Morgan fingerprint density at radius 1 is 1.08 bits per heavy atom. The lowest BCUT2D eigenvalue weighted by molar-refractivity contribution is -0.120. The van der Waals surface area contributed by atoms with Crippen LogP contribution in [0.3, 0.4) is 0 Å². The third-order valence-corrected chi connectivity index (χ3v) is 5.86. The first kappa shape index (κ1) is 16.3. The Morgan fingerprint density at radius 2 is 1.80 bits per heavy atom. The molecule has 2 aliphatic rings. The van der Waals surface area contributed by atoms with Crippen LogP contribution < -0.4 is 5.32 Å². The maximum atomic E-state index is 12.2. The van der Waals surface area contributed by atoms with Crippen molar-refractivity contribution < 1.29 is 4.79 Å². The van der Waals surface area contributed by atoms with Crippen LogP contribution in [-0.4, -0.2) is 41.0 Å². The largest absolute Gasteiger partial charge is 0.350 e. The Balaban J connectivity index is 1.40. The fourth-order valence-corrected chi connectivity index (χ4v) is 4.41. The van der Waals surface area contributed by atoms with Crippen molar-refractivity contribution in [3.63, 3.8) is 0 Å². The zero-order valence-corrected chi connectivity index (χ0v) is 14.5. The Labute approximate surface area is 149 Å². The minimum absolute atomic E-state index is 0.0678. The number of aromatic nitrogens is 1. The van der Waals surface area contributed by atoms with Crippen molar-refractivity contribution in [3.8, 4) is 0 Å². The summed E-state index contributed by atoms with van der Waals surface area (Å²) in [5.41, 5.74) is 2.57. The minimum Gasteiger partial charge on any atom is -0.350 e. The second kappa shape index (κ2) is 6.96. The van der Waals surface area contributed by atoms with E-state index in [1.54, 1.807) is 0 Å². The lowest BCUT2D eigenvalue weighted by atomic mass is 9.74. The summed E-state index contributed by atoms with van der Waals surface area (Å²) in [5.74, 6) is 0.471. The SMILES string of the molecule is O=C1CC(c2ccncc2)C2(CCN(CCc3ccccc3)CC2)N1. The van der Waals surface area contributed by atoms with E-state index in [1.165, 1.54) is 11.1 Å². The van der Waals surface area contributed by atoms with E-state index >= 15 is 0 Å². The number of hydrogen-bond donors (Lipinski definition) is 1. The molecular formula is C21H25N3O. The van der Waals surface area contributed by atoms with Crippen LogP contribution in [0.4, 0.5) is 0 Å². The van der Waals surface area contributed by atoms with Gasteiger partial charge in [0.15, 0.2) is 0 Å². The van der Waals surface area contributed by atoms with Gasteiger partial charge in [0.25, 0.3) is 0 Å². The summed E-state index contributed by atoms with van der Waals surface area (Å²) in [7, 11) is 0. The normalized spacial score (nSPS) is 22.9. The molecule has 2 aromatic rings. The number of rotatable bonds is 4. The molecule has 0 aliphatic carbocycles. The Morgan fingerprint density at radius 3 is 2.52 bits per heavy atom. The maximum Gasteiger partial charge on any atom is 0.221 e. The van der Waals surface area contributed by atoms with Crippen LogP contribution in [0.5, 0.6) is 0 Å². The number of carbonyl (C=O) groups excluding carboxylic acids is 1. The molecule has 1 unspecified atom stereocenters. The third kappa shape index (κ3) is 3.45. The van der Waals surface area contributed by atoms with Crippen molar-refractivity contribution in [2.45, 2.75) is 37.1 Å². The summed E-state index contributed by atoms with van der Waals surface area (Å²) >= 11 is 0. The van der Waals surface area contributed by atoms with E-state index < -0.39 is 0 Å². The molecule has 1 atom stereocenters. The highest BCUT2D eigenvalue weighted by Gasteiger charge is 2.48. The molecule has 1 aromatic carbocycles. The molecule has 4 heteroatoms. The first-order chi connectivity index (χ1) is 12.3. The van der Waals surface area contributed by atoms with Crippen LogP contribution in [0.2, 0.25) is 0 Å². The van der Waals surface area contributed by atoms with Crippen molar-refractivity contribution in [2.75, 3.05) is 19.6 Å². The first-order valence-electron chi connectivity index (χ1n) is 9.22. The molecule has 3 heterocycles. The number of hydrogen-bond acceptors (Lipinski definition) is 3. The molecule has 0 radical (unpaired) electrons. The van der Waals surface area contributed by atoms with Gasteiger partial charge in [0.2, 0.25) is 5.91 Å². The van der Waals surface area contributed by atoms with Gasteiger partial charge < -0.3 is 10.2 Å². The van der Waals surface area contributed by atoms with E-state index in [0.29, 0.717) is 6.42 Å². The van der Waals surface area contributed by atoms with Gasteiger partial charge in [-0.15, -0.1) is 0 Å². The standard InChI is InChI=1S/C21H25N3O/c25-20-16-19(18-6-11-22-12-7-18)21(23-20)9-14-24(15-10-21)13-8-17-4-2-1-3-5-17/h1-7,11-12,19H,8-10,13-16H2,(H,23,25). The molecule has 4 rings (SSSR count). The van der Waals surface area contributed by atoms with Gasteiger partial charge in [-0.2, -0.15) is 0 Å². The van der Waals surface area contributed by atoms with E-state index in [4.69, 9.17) is 0 Å². The van der Waals surface area contributed by atoms with Gasteiger partial charge in [-0.05, 0) is 42.5 Å². The number of carbonyl (C=O) groups is 1. The average Bonchev–Trinajstić information content (AvgIpc) is 2.99. The lowest BCUT2D eigenvalue weighted by Gasteiger charge is -2.43. The van der Waals surface area contributed by atoms with Crippen LogP contribution >= 0.6 is 0 Å². The summed E-state index contributed by atoms with van der Waals surface area (Å²) in [5, 5.41) is 3.33. The van der Waals surface area contributed by atoms with Crippen molar-refractivity contribution in [3.05, 3.63) is 66.0 Å². The van der Waals surface area contributed by atoms with Gasteiger partial charge in [-0.1, -0.05) is 30.3 Å². The summed E-state index contributed by atoms with van der Waals surface area (Å²) in [6, 6.07) is 14.8. The molecule has 1 spiro atoms. The van der Waals surface area contributed by atoms with Crippen LogP contribution in [0.25, 0.3) is 0 Å². The number of benzene rings is 1. The monoisotopic (exact) mass is 335 g/mol. The molecule has 130 valence electrons. The smallest absolute Gasteiger partial charge is 0.221 e. The molecule has 25 heavy (non-hydrogen) atoms. The van der Waals surface area contributed by atoms with Crippen LogP contribution in [0, 0.1) is 0 Å². The fraction of sp³-hybridized carbons (Fsp3) is 0.429. The second-order valence-electron chi connectivity index (χ2n) is 7.32. The van der Waals surface area contributed by atoms with Gasteiger partial charge in [0.05, 0.1) is 0 Å². The molecule has 2 fully saturated rings. The summed E-state index contributed by atoms with van der Waals surface area (Å²) in [6.07, 6.45) is 7.42. The van der Waals surface area contributed by atoms with E-state index in [0.717, 1.165) is 38.9 Å². The Bertz CT molecular complexity index is 708. The third-order valence-electron chi connectivity index (χ3n) is 5.86. The highest BCUT2D eigenvalue weighted by atomic mass is 16.2. The minimum atomic E-state index is -0.0678. The number of nitrogens with zero attached hydrogens (tertiary/aromatic N) is 2. The van der Waals surface area contributed by atoms with E-state index in [2.05, 4.69) is 57.7 Å². The number of pyridine rings is 1. The van der Waals surface area contributed by atoms with Gasteiger partial charge in [0, 0.05) is 49.9 Å². The van der Waals surface area contributed by atoms with Gasteiger partial charge in [0.1, 0.15) is 0 Å². The molecule has 0 saturated carbocycles. The molecular weight excluding hydrogens is 310 g/mol. The van der Waals surface area contributed by atoms with Crippen LogP contribution in [0.1, 0.15) is 36.3 Å². The molecule has 4 nitrogen and oxygen atoms in total. The van der Waals surface area contributed by atoms with E-state index in [-0.39, 0.29) is 17.4 Å². The fourth-order valence-electron chi connectivity index (χ4n) is 4.41. The molecule has 2 saturated heterocycles. The van der Waals surface area contributed by atoms with E-state index in [9.17, 15) is 4.79 Å². The average molecular weight is 335 g/mol.